The molecule has 13 heavy (non-hydrogen) atoms. The third-order valence-corrected chi connectivity index (χ3v) is 2.16. The van der Waals surface area contributed by atoms with Crippen LogP contribution in [-0.4, -0.2) is 10.7 Å². The van der Waals surface area contributed by atoms with Crippen molar-refractivity contribution in [3.8, 4) is 0 Å². The Hall–Kier alpha value is -1.13. The Bertz CT molecular complexity index is 270. The average Bonchev–Trinajstić information content (AvgIpc) is 2.19. The lowest BCUT2D eigenvalue weighted by Gasteiger charge is -2.29. The van der Waals surface area contributed by atoms with Gasteiger partial charge < -0.3 is 10.7 Å². The van der Waals surface area contributed by atoms with Crippen LogP contribution in [0.2, 0.25) is 0 Å². The average molecular weight is 195 g/mol. The maximum Gasteiger partial charge on any atom is 0.181 e. The molecule has 0 aromatic carbocycles. The summed E-state index contributed by atoms with van der Waals surface area (Å²) in [7, 11) is 0. The molecular formula is C9H13N3S. The Morgan fingerprint density at radius 2 is 2.38 bits per heavy atom. The number of hydrogen-bond donors (Lipinski definition) is 3. The smallest absolute Gasteiger partial charge is 0.181 e. The molecule has 0 radical (unpaired) electrons. The molecule has 0 spiro atoms. The zero-order valence-corrected chi connectivity index (χ0v) is 8.10. The Kier molecular flexibility index (Phi) is 3.22. The van der Waals surface area contributed by atoms with Crippen LogP contribution >= 0.6 is 12.2 Å². The molecule has 3 nitrogen and oxygen atoms in total. The van der Waals surface area contributed by atoms with Gasteiger partial charge in [-0.15, -0.1) is 6.58 Å². The van der Waals surface area contributed by atoms with Gasteiger partial charge in [0.05, 0.1) is 5.54 Å². The Labute approximate surface area is 83.4 Å². The number of nitrogens with two attached hydrogens (primary N) is 1. The molecule has 0 amide bonds. The summed E-state index contributed by atoms with van der Waals surface area (Å²) in [6.45, 7) is 3.77. The summed E-state index contributed by atoms with van der Waals surface area (Å²) in [5.41, 5.74) is 2.09. The molecule has 0 aliphatic heterocycles. The summed E-state index contributed by atoms with van der Waals surface area (Å²) in [6, 6.07) is 0. The molecule has 0 saturated carbocycles. The fraction of sp³-hybridized carbons (Fsp3) is 0.222. The summed E-state index contributed by atoms with van der Waals surface area (Å²) >= 11 is 4.92. The number of rotatable bonds is 2. The number of hydrazine groups is 1. The van der Waals surface area contributed by atoms with Crippen molar-refractivity contribution in [2.45, 2.75) is 12.0 Å². The van der Waals surface area contributed by atoms with Gasteiger partial charge in [0.15, 0.2) is 5.11 Å². The fourth-order valence-corrected chi connectivity index (χ4v) is 1.37. The number of allylic oxidation sites excluding steroid dienone is 2. The van der Waals surface area contributed by atoms with Crippen molar-refractivity contribution in [3.63, 3.8) is 0 Å². The molecule has 0 aromatic heterocycles. The van der Waals surface area contributed by atoms with Gasteiger partial charge in [-0.3, -0.25) is 0 Å². The molecule has 1 aliphatic rings. The van der Waals surface area contributed by atoms with Gasteiger partial charge in [-0.1, -0.05) is 30.4 Å². The monoisotopic (exact) mass is 195 g/mol. The Morgan fingerprint density at radius 3 is 2.85 bits per heavy atom. The van der Waals surface area contributed by atoms with E-state index in [-0.39, 0.29) is 5.54 Å². The third kappa shape index (κ3) is 2.40. The normalized spacial score (nSPS) is 25.3. The van der Waals surface area contributed by atoms with Crippen molar-refractivity contribution < 1.29 is 0 Å². The summed E-state index contributed by atoms with van der Waals surface area (Å²) < 4.78 is 0. The molecule has 1 aliphatic carbocycles. The summed E-state index contributed by atoms with van der Waals surface area (Å²) in [5, 5.41) is 3.49. The SMILES string of the molecule is C=C[C@@]1(NC(=S)NN)C=CC=CC1. The maximum absolute atomic E-state index is 5.17. The predicted molar refractivity (Wildman–Crippen MR) is 58.9 cm³/mol. The van der Waals surface area contributed by atoms with Crippen molar-refractivity contribution in [3.05, 3.63) is 37.0 Å². The highest BCUT2D eigenvalue weighted by Crippen LogP contribution is 2.18. The van der Waals surface area contributed by atoms with Crippen molar-refractivity contribution in [2.24, 2.45) is 5.84 Å². The molecule has 0 saturated heterocycles. The molecule has 0 bridgehead atoms. The van der Waals surface area contributed by atoms with Crippen molar-refractivity contribution >= 4 is 17.3 Å². The summed E-state index contributed by atoms with van der Waals surface area (Å²) in [6.07, 6.45) is 10.6. The lowest BCUT2D eigenvalue weighted by Crippen LogP contribution is -2.51. The third-order valence-electron chi connectivity index (χ3n) is 1.94. The first-order valence-corrected chi connectivity index (χ1v) is 4.40. The van der Waals surface area contributed by atoms with Gasteiger partial charge in [0.25, 0.3) is 0 Å². The molecule has 0 fully saturated rings. The maximum atomic E-state index is 5.17. The second-order valence-electron chi connectivity index (χ2n) is 2.83. The molecule has 0 aromatic rings. The Balaban J connectivity index is 2.71. The molecular weight excluding hydrogens is 182 g/mol. The minimum absolute atomic E-state index is 0.293. The predicted octanol–water partition coefficient (Wildman–Crippen LogP) is 0.765. The van der Waals surface area contributed by atoms with Gasteiger partial charge in [-0.05, 0) is 18.6 Å². The molecule has 0 heterocycles. The first kappa shape index (κ1) is 9.95. The van der Waals surface area contributed by atoms with E-state index in [1.54, 1.807) is 0 Å². The van der Waals surface area contributed by atoms with E-state index in [2.05, 4.69) is 17.3 Å². The first-order chi connectivity index (χ1) is 6.22. The standard InChI is InChI=1S/C9H13N3S/c1-2-9(11-8(13)12-10)6-4-3-5-7-9/h2-6H,1,7,10H2,(H2,11,12,13)/t9-/m1/s1. The van der Waals surface area contributed by atoms with Crippen LogP contribution < -0.4 is 16.6 Å². The highest BCUT2D eigenvalue weighted by Gasteiger charge is 2.23. The quantitative estimate of drug-likeness (QED) is 0.263. The largest absolute Gasteiger partial charge is 0.349 e. The van der Waals surface area contributed by atoms with Crippen LogP contribution in [0.15, 0.2) is 37.0 Å². The highest BCUT2D eigenvalue weighted by molar-refractivity contribution is 7.80. The topological polar surface area (TPSA) is 50.1 Å². The van der Waals surface area contributed by atoms with E-state index in [1.807, 2.05) is 30.4 Å². The van der Waals surface area contributed by atoms with E-state index in [4.69, 9.17) is 18.1 Å². The van der Waals surface area contributed by atoms with Gasteiger partial charge in [0.1, 0.15) is 0 Å². The van der Waals surface area contributed by atoms with Gasteiger partial charge in [-0.25, -0.2) is 5.84 Å². The van der Waals surface area contributed by atoms with Crippen LogP contribution in [0.25, 0.3) is 0 Å². The minimum atomic E-state index is -0.293. The molecule has 4 N–H and O–H groups in total. The van der Waals surface area contributed by atoms with Crippen LogP contribution in [0.1, 0.15) is 6.42 Å². The second kappa shape index (κ2) is 4.20. The van der Waals surface area contributed by atoms with Crippen LogP contribution in [0.4, 0.5) is 0 Å². The summed E-state index contributed by atoms with van der Waals surface area (Å²) in [5.74, 6) is 5.17. The minimum Gasteiger partial charge on any atom is -0.349 e. The van der Waals surface area contributed by atoms with Crippen molar-refractivity contribution in [2.75, 3.05) is 0 Å². The highest BCUT2D eigenvalue weighted by atomic mass is 32.1. The zero-order valence-electron chi connectivity index (χ0n) is 7.29. The van der Waals surface area contributed by atoms with Gasteiger partial charge >= 0.3 is 0 Å². The van der Waals surface area contributed by atoms with Crippen molar-refractivity contribution in [1.82, 2.24) is 10.7 Å². The molecule has 70 valence electrons. The van der Waals surface area contributed by atoms with Crippen LogP contribution in [-0.2, 0) is 0 Å². The number of nitrogens with one attached hydrogen (secondary N) is 2. The van der Waals surface area contributed by atoms with E-state index in [0.717, 1.165) is 6.42 Å². The van der Waals surface area contributed by atoms with E-state index in [9.17, 15) is 0 Å². The zero-order chi connectivity index (χ0) is 9.73. The number of thiocarbonyl (C=S) groups is 1. The first-order valence-electron chi connectivity index (χ1n) is 3.99. The Morgan fingerprint density at radius 1 is 1.62 bits per heavy atom. The molecule has 0 unspecified atom stereocenters. The van der Waals surface area contributed by atoms with Crippen LogP contribution in [0.3, 0.4) is 0 Å². The van der Waals surface area contributed by atoms with Crippen LogP contribution in [0, 0.1) is 0 Å². The molecule has 1 atom stereocenters. The van der Waals surface area contributed by atoms with Crippen molar-refractivity contribution in [1.29, 1.82) is 0 Å². The van der Waals surface area contributed by atoms with Gasteiger partial charge in [0, 0.05) is 0 Å². The fourth-order valence-electron chi connectivity index (χ4n) is 1.18. The molecule has 4 heteroatoms. The molecule has 1 rings (SSSR count). The van der Waals surface area contributed by atoms with Gasteiger partial charge in [-0.2, -0.15) is 0 Å². The summed E-state index contributed by atoms with van der Waals surface area (Å²) in [4.78, 5) is 0. The second-order valence-corrected chi connectivity index (χ2v) is 3.24. The van der Waals surface area contributed by atoms with Gasteiger partial charge in [0.2, 0.25) is 0 Å². The van der Waals surface area contributed by atoms with E-state index >= 15 is 0 Å². The van der Waals surface area contributed by atoms with E-state index in [0.29, 0.717) is 5.11 Å². The van der Waals surface area contributed by atoms with E-state index in [1.165, 1.54) is 0 Å². The van der Waals surface area contributed by atoms with Crippen LogP contribution in [0.5, 0.6) is 0 Å². The number of hydrogen-bond acceptors (Lipinski definition) is 2. The van der Waals surface area contributed by atoms with E-state index < -0.39 is 0 Å². The lowest BCUT2D eigenvalue weighted by atomic mass is 9.92. The lowest BCUT2D eigenvalue weighted by molar-refractivity contribution is 0.581.